The smallest absolute Gasteiger partial charge is 0.422 e. The molecule has 48 heavy (non-hydrogen) atoms. The molecule has 0 aliphatic carbocycles. The van der Waals surface area contributed by atoms with Gasteiger partial charge < -0.3 is 24.0 Å². The number of rotatable bonds is 12. The van der Waals surface area contributed by atoms with Crippen molar-refractivity contribution in [3.63, 3.8) is 0 Å². The lowest BCUT2D eigenvalue weighted by molar-refractivity contribution is -0.154. The SMILES string of the molecule is CCOc1nc(OC)c(CN2CC(C(c3ccccc3)c3ccccc3)N3CCN(C(=O)N(CC)CC)C[C@H]3C2)c(OCC(F)(F)F)n1. The molecule has 0 N–H and O–H groups in total. The van der Waals surface area contributed by atoms with Crippen molar-refractivity contribution in [1.29, 1.82) is 0 Å². The van der Waals surface area contributed by atoms with Gasteiger partial charge in [-0.3, -0.25) is 9.80 Å². The summed E-state index contributed by atoms with van der Waals surface area (Å²) >= 11 is 0. The second kappa shape index (κ2) is 15.9. The van der Waals surface area contributed by atoms with E-state index < -0.39 is 12.8 Å². The lowest BCUT2D eigenvalue weighted by atomic mass is 9.81. The second-order valence-corrected chi connectivity index (χ2v) is 12.0. The van der Waals surface area contributed by atoms with Crippen LogP contribution in [0.5, 0.6) is 17.8 Å². The lowest BCUT2D eigenvalue weighted by Gasteiger charge is -2.53. The predicted molar refractivity (Wildman–Crippen MR) is 175 cm³/mol. The Morgan fingerprint density at radius 1 is 0.896 bits per heavy atom. The molecule has 2 fully saturated rings. The number of nitrogens with zero attached hydrogens (tertiary/aromatic N) is 6. The zero-order valence-corrected chi connectivity index (χ0v) is 28.0. The standard InChI is InChI=1S/C35H45F3N6O4/c1-5-42(6-2)34(45)43-18-19-44-27(21-43)20-41(23-29(44)30(25-14-10-8-11-15-25)26-16-12-9-13-17-26)22-28-31(46-4)39-33(47-7-3)40-32(28)48-24-35(36,37)38/h8-17,27,29-30H,5-7,18-24H2,1-4H3/t27-,29?/m1/s1. The Bertz CT molecular complexity index is 1440. The van der Waals surface area contributed by atoms with E-state index in [1.54, 1.807) is 6.92 Å². The quantitative estimate of drug-likeness (QED) is 0.257. The van der Waals surface area contributed by atoms with Crippen molar-refractivity contribution >= 4 is 6.03 Å². The molecular weight excluding hydrogens is 625 g/mol. The van der Waals surface area contributed by atoms with Crippen LogP contribution in [0.15, 0.2) is 60.7 Å². The number of urea groups is 1. The summed E-state index contributed by atoms with van der Waals surface area (Å²) in [6, 6.07) is 20.5. The minimum Gasteiger partial charge on any atom is -0.481 e. The number of carbonyl (C=O) groups excluding carboxylic acids is 1. The summed E-state index contributed by atoms with van der Waals surface area (Å²) in [7, 11) is 1.41. The van der Waals surface area contributed by atoms with Crippen LogP contribution in [-0.4, -0.2) is 120 Å². The molecule has 3 aromatic rings. The van der Waals surface area contributed by atoms with Crippen LogP contribution in [0.3, 0.4) is 0 Å². The van der Waals surface area contributed by atoms with Crippen LogP contribution in [0.2, 0.25) is 0 Å². The fraction of sp³-hybridized carbons (Fsp3) is 0.514. The van der Waals surface area contributed by atoms with Gasteiger partial charge in [-0.1, -0.05) is 60.7 Å². The van der Waals surface area contributed by atoms with Gasteiger partial charge in [0.25, 0.3) is 0 Å². The van der Waals surface area contributed by atoms with Crippen LogP contribution in [0.1, 0.15) is 43.4 Å². The van der Waals surface area contributed by atoms with E-state index in [4.69, 9.17) is 14.2 Å². The minimum atomic E-state index is -4.57. The molecular formula is C35H45F3N6O4. The normalized spacial score (nSPS) is 18.8. The molecule has 10 nitrogen and oxygen atoms in total. The molecule has 260 valence electrons. The maximum absolute atomic E-state index is 13.5. The molecule has 1 aromatic heterocycles. The van der Waals surface area contributed by atoms with Crippen molar-refractivity contribution in [3.8, 4) is 17.8 Å². The van der Waals surface area contributed by atoms with Crippen LogP contribution >= 0.6 is 0 Å². The number of fused-ring (bicyclic) bond motifs is 1. The summed E-state index contributed by atoms with van der Waals surface area (Å²) < 4.78 is 56.3. The number of aromatic nitrogens is 2. The zero-order valence-electron chi connectivity index (χ0n) is 28.0. The molecule has 2 aliphatic rings. The maximum atomic E-state index is 13.5. The number of methoxy groups -OCH3 is 1. The van der Waals surface area contributed by atoms with Gasteiger partial charge >= 0.3 is 18.2 Å². The number of benzene rings is 2. The van der Waals surface area contributed by atoms with Crippen molar-refractivity contribution in [3.05, 3.63) is 77.4 Å². The highest BCUT2D eigenvalue weighted by atomic mass is 19.4. The van der Waals surface area contributed by atoms with Crippen molar-refractivity contribution in [2.45, 2.75) is 51.5 Å². The molecule has 0 bridgehead atoms. The highest BCUT2D eigenvalue weighted by Crippen LogP contribution is 2.38. The first kappa shape index (κ1) is 35.2. The summed E-state index contributed by atoms with van der Waals surface area (Å²) in [5.41, 5.74) is 2.62. The lowest BCUT2D eigenvalue weighted by Crippen LogP contribution is -2.68. The molecule has 2 amide bonds. The summed E-state index contributed by atoms with van der Waals surface area (Å²) in [4.78, 5) is 30.5. The summed E-state index contributed by atoms with van der Waals surface area (Å²) in [6.45, 7) is 8.77. The second-order valence-electron chi connectivity index (χ2n) is 12.0. The number of alkyl halides is 3. The van der Waals surface area contributed by atoms with E-state index in [0.29, 0.717) is 51.4 Å². The Balaban J connectivity index is 1.54. The Labute approximate surface area is 280 Å². The highest BCUT2D eigenvalue weighted by Gasteiger charge is 2.44. The van der Waals surface area contributed by atoms with Crippen LogP contribution in [0.25, 0.3) is 0 Å². The van der Waals surface area contributed by atoms with Gasteiger partial charge in [-0.05, 0) is 31.9 Å². The molecule has 1 unspecified atom stereocenters. The topological polar surface area (TPSA) is 83.5 Å². The summed E-state index contributed by atoms with van der Waals surface area (Å²) in [6.07, 6.45) is -4.57. The Kier molecular flexibility index (Phi) is 11.6. The van der Waals surface area contributed by atoms with E-state index in [-0.39, 0.29) is 55.0 Å². The van der Waals surface area contributed by atoms with Gasteiger partial charge in [0.1, 0.15) is 0 Å². The highest BCUT2D eigenvalue weighted by molar-refractivity contribution is 5.74. The Morgan fingerprint density at radius 2 is 1.52 bits per heavy atom. The average molecular weight is 671 g/mol. The van der Waals surface area contributed by atoms with Crippen molar-refractivity contribution in [2.24, 2.45) is 0 Å². The molecule has 3 heterocycles. The van der Waals surface area contributed by atoms with E-state index in [1.807, 2.05) is 60.0 Å². The number of hydrogen-bond donors (Lipinski definition) is 0. The van der Waals surface area contributed by atoms with Crippen molar-refractivity contribution in [2.75, 3.05) is 66.1 Å². The monoisotopic (exact) mass is 670 g/mol. The van der Waals surface area contributed by atoms with Gasteiger partial charge in [-0.2, -0.15) is 23.1 Å². The van der Waals surface area contributed by atoms with Gasteiger partial charge in [-0.25, -0.2) is 4.79 Å². The third-order valence-electron chi connectivity index (χ3n) is 9.01. The van der Waals surface area contributed by atoms with Gasteiger partial charge in [0.15, 0.2) is 6.61 Å². The molecule has 2 atom stereocenters. The molecule has 0 radical (unpaired) electrons. The first-order chi connectivity index (χ1) is 23.1. The van der Waals surface area contributed by atoms with Crippen LogP contribution in [0.4, 0.5) is 18.0 Å². The molecule has 2 saturated heterocycles. The van der Waals surface area contributed by atoms with Gasteiger partial charge in [0.05, 0.1) is 19.3 Å². The molecule has 0 saturated carbocycles. The molecule has 5 rings (SSSR count). The fourth-order valence-electron chi connectivity index (χ4n) is 6.88. The molecule has 2 aliphatic heterocycles. The number of halogens is 3. The third kappa shape index (κ3) is 8.30. The van der Waals surface area contributed by atoms with E-state index in [9.17, 15) is 18.0 Å². The van der Waals surface area contributed by atoms with Crippen molar-refractivity contribution in [1.82, 2.24) is 29.6 Å². The van der Waals surface area contributed by atoms with E-state index >= 15 is 0 Å². The van der Waals surface area contributed by atoms with Gasteiger partial charge in [0.2, 0.25) is 11.8 Å². The largest absolute Gasteiger partial charge is 0.481 e. The van der Waals surface area contributed by atoms with Crippen molar-refractivity contribution < 1.29 is 32.2 Å². The number of hydrogen-bond acceptors (Lipinski definition) is 8. The summed E-state index contributed by atoms with van der Waals surface area (Å²) in [5.74, 6) is -0.150. The Hall–Kier alpha value is -4.10. The van der Waals surface area contributed by atoms with Gasteiger partial charge in [0, 0.05) is 70.4 Å². The van der Waals surface area contributed by atoms with Gasteiger partial charge in [-0.15, -0.1) is 0 Å². The summed E-state index contributed by atoms with van der Waals surface area (Å²) in [5, 5.41) is 0. The predicted octanol–water partition coefficient (Wildman–Crippen LogP) is 5.29. The maximum Gasteiger partial charge on any atom is 0.422 e. The zero-order chi connectivity index (χ0) is 34.3. The first-order valence-corrected chi connectivity index (χ1v) is 16.5. The minimum absolute atomic E-state index is 0.0119. The first-order valence-electron chi connectivity index (χ1n) is 16.5. The van der Waals surface area contributed by atoms with E-state index in [0.717, 1.165) is 11.1 Å². The average Bonchev–Trinajstić information content (AvgIpc) is 3.09. The van der Waals surface area contributed by atoms with E-state index in [1.165, 1.54) is 7.11 Å². The number of carbonyl (C=O) groups is 1. The molecule has 2 aromatic carbocycles. The Morgan fingerprint density at radius 3 is 2.08 bits per heavy atom. The fourth-order valence-corrected chi connectivity index (χ4v) is 6.88. The van der Waals surface area contributed by atoms with E-state index in [2.05, 4.69) is 44.0 Å². The third-order valence-corrected chi connectivity index (χ3v) is 9.01. The van der Waals surface area contributed by atoms with Crippen LogP contribution < -0.4 is 14.2 Å². The number of piperazine rings is 2. The molecule has 0 spiro atoms. The molecule has 13 heteroatoms. The number of amides is 2. The number of ether oxygens (including phenoxy) is 3. The van der Waals surface area contributed by atoms with Crippen LogP contribution in [0, 0.1) is 0 Å². The van der Waals surface area contributed by atoms with Crippen LogP contribution in [-0.2, 0) is 6.54 Å².